The lowest BCUT2D eigenvalue weighted by Gasteiger charge is -2.38. The lowest BCUT2D eigenvalue weighted by atomic mass is 9.94. The van der Waals surface area contributed by atoms with Crippen LogP contribution in [0.15, 0.2) is 133 Å². The molecule has 17 heteroatoms. The number of benzene rings is 5. The largest absolute Gasteiger partial charge is 0.494 e. The number of aromatic nitrogens is 3. The number of nitrogens with one attached hydrogen (secondary N) is 2. The number of hydrogen-bond donors (Lipinski definition) is 2. The van der Waals surface area contributed by atoms with Crippen LogP contribution in [0, 0.1) is 11.6 Å². The number of piperazine rings is 1. The molecular weight excluding hydrogens is 951 g/mol. The van der Waals surface area contributed by atoms with Gasteiger partial charge >= 0.3 is 0 Å². The van der Waals surface area contributed by atoms with E-state index in [1.54, 1.807) is 0 Å². The molecule has 5 aromatic carbocycles. The van der Waals surface area contributed by atoms with E-state index in [9.17, 15) is 9.18 Å². The third-order valence-electron chi connectivity index (χ3n) is 13.7. The van der Waals surface area contributed by atoms with Crippen LogP contribution in [0.1, 0.15) is 77.0 Å². The molecule has 1 aromatic heterocycles. The first-order valence-corrected chi connectivity index (χ1v) is 27.1. The summed E-state index contributed by atoms with van der Waals surface area (Å²) in [6.07, 6.45) is 7.95. The second-order valence-corrected chi connectivity index (χ2v) is 22.1. The first kappa shape index (κ1) is 51.2. The Hall–Kier alpha value is -6.69. The first-order valence-electron chi connectivity index (χ1n) is 25.3. The standard InChI is InChI=1S/C56H66F2N8O6S/c1-5-6-7-8-9-32-69-48-21-15-45(16-22-48)62-73(35-53(66(40(2)3)55(73)68)42-10-13-44(14-11-42)61-41(4)67)50-25-19-47(20-26-50)64-30-28-63(29-31-64)46-17-23-49(24-18-46)70-34-54-71-37-56(72-54,36-65-39-59-38-60-65)51-27-12-43(57)33-52(51)58/h10-27,33,38-40,53-54,62H,5-9,28-32,34-37H2,1-4H3,(H,61,67)/t53?,54-,56+/m0/s1. The van der Waals surface area contributed by atoms with E-state index < -0.39 is 33.7 Å². The molecule has 6 aromatic rings. The summed E-state index contributed by atoms with van der Waals surface area (Å²) in [5, 5.41) is 7.12. The van der Waals surface area contributed by atoms with Crippen LogP contribution in [-0.4, -0.2) is 94.9 Å². The van der Waals surface area contributed by atoms with Gasteiger partial charge in [0.15, 0.2) is 6.29 Å². The molecule has 4 heterocycles. The van der Waals surface area contributed by atoms with Crippen molar-refractivity contribution in [1.82, 2.24) is 19.7 Å². The summed E-state index contributed by atoms with van der Waals surface area (Å²) in [5.74, 6) is 0.474. The van der Waals surface area contributed by atoms with Crippen LogP contribution >= 0.6 is 10.2 Å². The van der Waals surface area contributed by atoms with Gasteiger partial charge in [-0.05, 0) is 117 Å². The number of carbonyl (C=O) groups is 2. The molecule has 0 spiro atoms. The molecule has 2 N–H and O–H groups in total. The van der Waals surface area contributed by atoms with E-state index >= 15 is 9.18 Å². The molecule has 9 rings (SSSR count). The molecular formula is C56H66F2N8O6S. The maximum Gasteiger partial charge on any atom is 0.286 e. The third kappa shape index (κ3) is 11.9. The second kappa shape index (κ2) is 23.0. The highest BCUT2D eigenvalue weighted by atomic mass is 32.3. The molecule has 0 saturated carbocycles. The molecule has 0 radical (unpaired) electrons. The number of ether oxygens (including phenoxy) is 4. The van der Waals surface area contributed by atoms with E-state index in [4.69, 9.17) is 18.9 Å². The van der Waals surface area contributed by atoms with Gasteiger partial charge in [-0.25, -0.2) is 18.4 Å². The summed E-state index contributed by atoms with van der Waals surface area (Å²) in [5.41, 5.74) is 3.67. The van der Waals surface area contributed by atoms with Gasteiger partial charge in [0, 0.05) is 84.2 Å². The molecule has 3 saturated heterocycles. The zero-order valence-corrected chi connectivity index (χ0v) is 42.9. The van der Waals surface area contributed by atoms with Crippen LogP contribution in [0.3, 0.4) is 0 Å². The van der Waals surface area contributed by atoms with E-state index in [0.29, 0.717) is 23.8 Å². The number of rotatable bonds is 21. The van der Waals surface area contributed by atoms with Crippen LogP contribution in [0.5, 0.6) is 11.5 Å². The number of hydrogen-bond acceptors (Lipinski definition) is 11. The average molecular weight is 1020 g/mol. The summed E-state index contributed by atoms with van der Waals surface area (Å²) in [7, 11) is -2.32. The van der Waals surface area contributed by atoms with Gasteiger partial charge in [-0.2, -0.15) is 5.10 Å². The Bertz CT molecular complexity index is 2760. The topological polar surface area (TPSA) is 136 Å². The van der Waals surface area contributed by atoms with Crippen molar-refractivity contribution >= 4 is 44.1 Å². The summed E-state index contributed by atoms with van der Waals surface area (Å²) < 4.78 is 58.8. The molecule has 73 heavy (non-hydrogen) atoms. The van der Waals surface area contributed by atoms with Crippen LogP contribution in [0.25, 0.3) is 0 Å². The third-order valence-corrected chi connectivity index (χ3v) is 17.0. The molecule has 3 aliphatic rings. The van der Waals surface area contributed by atoms with Crippen molar-refractivity contribution in [2.24, 2.45) is 0 Å². The second-order valence-electron chi connectivity index (χ2n) is 19.2. The predicted octanol–water partition coefficient (Wildman–Crippen LogP) is 11.3. The molecule has 3 fully saturated rings. The molecule has 4 atom stereocenters. The summed E-state index contributed by atoms with van der Waals surface area (Å²) in [6, 6.07) is 35.5. The van der Waals surface area contributed by atoms with Crippen molar-refractivity contribution < 1.29 is 37.3 Å². The number of anilines is 4. The van der Waals surface area contributed by atoms with Crippen LogP contribution in [0.2, 0.25) is 0 Å². The summed E-state index contributed by atoms with van der Waals surface area (Å²) >= 11 is 0. The van der Waals surface area contributed by atoms with Gasteiger partial charge in [0.2, 0.25) is 5.91 Å². The van der Waals surface area contributed by atoms with Gasteiger partial charge in [0.1, 0.15) is 48.0 Å². The molecule has 3 aliphatic heterocycles. The van der Waals surface area contributed by atoms with Gasteiger partial charge in [-0.3, -0.25) is 9.59 Å². The maximum atomic E-state index is 15.2. The van der Waals surface area contributed by atoms with E-state index in [2.05, 4.69) is 75.0 Å². The van der Waals surface area contributed by atoms with Gasteiger partial charge in [0.25, 0.3) is 5.24 Å². The number of nitrogens with zero attached hydrogens (tertiary/aromatic N) is 6. The van der Waals surface area contributed by atoms with E-state index in [1.807, 2.05) is 77.7 Å². The smallest absolute Gasteiger partial charge is 0.286 e. The molecule has 2 unspecified atom stereocenters. The van der Waals surface area contributed by atoms with E-state index in [1.165, 1.54) is 55.7 Å². The minimum Gasteiger partial charge on any atom is -0.494 e. The van der Waals surface area contributed by atoms with Gasteiger partial charge in [0.05, 0.1) is 25.8 Å². The van der Waals surface area contributed by atoms with Crippen LogP contribution < -0.4 is 29.3 Å². The summed E-state index contributed by atoms with van der Waals surface area (Å²) in [4.78, 5) is 38.7. The normalized spacial score (nSPS) is 21.8. The Morgan fingerprint density at radius 3 is 2.10 bits per heavy atom. The van der Waals surface area contributed by atoms with Crippen molar-refractivity contribution in [3.8, 4) is 11.5 Å². The molecule has 2 amide bonds. The highest BCUT2D eigenvalue weighted by molar-refractivity contribution is 8.46. The van der Waals surface area contributed by atoms with Crippen molar-refractivity contribution in [2.75, 3.05) is 71.6 Å². The Labute approximate surface area is 428 Å². The van der Waals surface area contributed by atoms with Crippen molar-refractivity contribution in [3.63, 3.8) is 0 Å². The quantitative estimate of drug-likeness (QED) is 0.0667. The Morgan fingerprint density at radius 2 is 1.47 bits per heavy atom. The van der Waals surface area contributed by atoms with Crippen LogP contribution in [-0.2, 0) is 26.4 Å². The number of unbranched alkanes of at least 4 members (excludes halogenated alkanes) is 4. The fourth-order valence-electron chi connectivity index (χ4n) is 9.98. The van der Waals surface area contributed by atoms with Gasteiger partial charge in [-0.15, -0.1) is 0 Å². The number of halogens is 2. The number of amides is 2. The first-order chi connectivity index (χ1) is 35.4. The molecule has 14 nitrogen and oxygen atoms in total. The fraction of sp³-hybridized carbons (Fsp3) is 0.393. The molecule has 0 bridgehead atoms. The fourth-order valence-corrected chi connectivity index (χ4v) is 13.5. The van der Waals surface area contributed by atoms with Crippen LogP contribution in [0.4, 0.5) is 36.3 Å². The highest BCUT2D eigenvalue weighted by Gasteiger charge is 2.51. The zero-order valence-electron chi connectivity index (χ0n) is 42.1. The predicted molar refractivity (Wildman–Crippen MR) is 283 cm³/mol. The van der Waals surface area contributed by atoms with Crippen molar-refractivity contribution in [1.29, 1.82) is 0 Å². The Balaban J connectivity index is 0.848. The SMILES string of the molecule is CCCCCCCOc1ccc(NS2(c3ccc(N4CCN(c5ccc(OC[C@H]6OC[C@](Cn7cncn7)(c7ccc(F)cc7F)O6)cc5)CC4)cc3)CC(c3ccc(NC(C)=O)cc3)N(C(C)C)C2=O)cc1. The van der Waals surface area contributed by atoms with E-state index in [0.717, 1.165) is 78.4 Å². The highest BCUT2D eigenvalue weighted by Crippen LogP contribution is 2.65. The minimum absolute atomic E-state index is 0.0126. The van der Waals surface area contributed by atoms with E-state index in [-0.39, 0.29) is 48.6 Å². The number of carbonyl (C=O) groups excluding carboxylic acids is 2. The Kier molecular flexibility index (Phi) is 16.2. The van der Waals surface area contributed by atoms with Crippen molar-refractivity contribution in [3.05, 3.63) is 151 Å². The minimum atomic E-state index is -2.32. The lowest BCUT2D eigenvalue weighted by molar-refractivity contribution is -0.117. The monoisotopic (exact) mass is 1020 g/mol. The Morgan fingerprint density at radius 1 is 0.822 bits per heavy atom. The molecule has 0 aliphatic carbocycles. The maximum absolute atomic E-state index is 15.2. The summed E-state index contributed by atoms with van der Waals surface area (Å²) in [6.45, 7) is 11.9. The van der Waals surface area contributed by atoms with Crippen molar-refractivity contribution in [2.45, 2.75) is 95.2 Å². The molecule has 386 valence electrons. The van der Waals surface area contributed by atoms with Gasteiger partial charge in [-0.1, -0.05) is 61.0 Å². The lowest BCUT2D eigenvalue weighted by Crippen LogP contribution is -2.46. The van der Waals surface area contributed by atoms with Gasteiger partial charge < -0.3 is 43.7 Å². The zero-order chi connectivity index (χ0) is 51.0. The average Bonchev–Trinajstić information content (AvgIpc) is 4.14.